The molecule has 106 valence electrons. The Hall–Kier alpha value is -2.06. The van der Waals surface area contributed by atoms with E-state index in [-0.39, 0.29) is 11.9 Å². The molecule has 2 atom stereocenters. The molecular weight excluding hydrogens is 254 g/mol. The zero-order valence-corrected chi connectivity index (χ0v) is 11.5. The molecule has 2 unspecified atom stereocenters. The lowest BCUT2D eigenvalue weighted by Gasteiger charge is -2.37. The molecule has 1 aromatic rings. The second-order valence-corrected chi connectivity index (χ2v) is 5.17. The van der Waals surface area contributed by atoms with Crippen molar-refractivity contribution in [3.05, 3.63) is 29.3 Å². The predicted molar refractivity (Wildman–Crippen MR) is 76.0 cm³/mol. The Kier molecular flexibility index (Phi) is 4.26. The van der Waals surface area contributed by atoms with Gasteiger partial charge in [-0.2, -0.15) is 5.26 Å². The van der Waals surface area contributed by atoms with E-state index >= 15 is 0 Å². The van der Waals surface area contributed by atoms with Crippen molar-refractivity contribution >= 4 is 11.6 Å². The summed E-state index contributed by atoms with van der Waals surface area (Å²) in [7, 11) is 0. The van der Waals surface area contributed by atoms with E-state index in [0.29, 0.717) is 18.5 Å². The zero-order valence-electron chi connectivity index (χ0n) is 11.5. The molecule has 1 saturated heterocycles. The summed E-state index contributed by atoms with van der Waals surface area (Å²) in [6.07, 6.45) is 1.99. The summed E-state index contributed by atoms with van der Waals surface area (Å²) >= 11 is 0. The number of nitriles is 1. The highest BCUT2D eigenvalue weighted by atomic mass is 16.3. The Morgan fingerprint density at radius 3 is 2.90 bits per heavy atom. The van der Waals surface area contributed by atoms with Gasteiger partial charge in [0.2, 0.25) is 5.91 Å². The molecule has 20 heavy (non-hydrogen) atoms. The fourth-order valence-corrected chi connectivity index (χ4v) is 2.73. The van der Waals surface area contributed by atoms with Crippen LogP contribution in [0.15, 0.2) is 18.2 Å². The number of nitrogens with zero attached hydrogens (tertiary/aromatic N) is 2. The molecule has 5 nitrogen and oxygen atoms in total. The normalized spacial score (nSPS) is 20.2. The summed E-state index contributed by atoms with van der Waals surface area (Å²) in [5, 5.41) is 18.9. The van der Waals surface area contributed by atoms with Crippen LogP contribution in [0.4, 0.5) is 5.69 Å². The summed E-state index contributed by atoms with van der Waals surface area (Å²) < 4.78 is 0. The number of piperidine rings is 1. The van der Waals surface area contributed by atoms with E-state index in [4.69, 9.17) is 11.0 Å². The standard InChI is InChI=1S/C15H19N3O2/c1-10(19)12-6-5-11(9-16)8-14(12)18-7-3-2-4-13(18)15(17)20/h5-6,8,10,13,19H,2-4,7H2,1H3,(H2,17,20). The second-order valence-electron chi connectivity index (χ2n) is 5.17. The average Bonchev–Trinajstić information content (AvgIpc) is 2.46. The summed E-state index contributed by atoms with van der Waals surface area (Å²) in [5.74, 6) is -0.358. The maximum absolute atomic E-state index is 11.6. The number of aliphatic hydroxyl groups excluding tert-OH is 1. The van der Waals surface area contributed by atoms with E-state index in [0.717, 1.165) is 24.1 Å². The van der Waals surface area contributed by atoms with Gasteiger partial charge in [0.25, 0.3) is 0 Å². The number of aliphatic hydroxyl groups is 1. The van der Waals surface area contributed by atoms with Crippen LogP contribution in [0.3, 0.4) is 0 Å². The SMILES string of the molecule is CC(O)c1ccc(C#N)cc1N1CCCCC1C(N)=O. The minimum absolute atomic E-state index is 0.358. The fraction of sp³-hybridized carbons (Fsp3) is 0.467. The first-order valence-corrected chi connectivity index (χ1v) is 6.82. The number of anilines is 1. The van der Waals surface area contributed by atoms with Gasteiger partial charge in [0.15, 0.2) is 0 Å². The molecule has 1 heterocycles. The summed E-state index contributed by atoms with van der Waals surface area (Å²) in [4.78, 5) is 13.6. The summed E-state index contributed by atoms with van der Waals surface area (Å²) in [6, 6.07) is 6.87. The van der Waals surface area contributed by atoms with Gasteiger partial charge in [0, 0.05) is 17.8 Å². The number of nitrogens with two attached hydrogens (primary N) is 1. The number of rotatable bonds is 3. The highest BCUT2D eigenvalue weighted by Gasteiger charge is 2.29. The maximum Gasteiger partial charge on any atom is 0.240 e. The van der Waals surface area contributed by atoms with E-state index < -0.39 is 6.10 Å². The zero-order chi connectivity index (χ0) is 14.7. The van der Waals surface area contributed by atoms with Crippen LogP contribution in [-0.2, 0) is 4.79 Å². The van der Waals surface area contributed by atoms with Gasteiger partial charge in [0.1, 0.15) is 6.04 Å². The molecule has 0 aliphatic carbocycles. The molecule has 5 heteroatoms. The molecule has 0 radical (unpaired) electrons. The minimum atomic E-state index is -0.659. The Morgan fingerprint density at radius 1 is 1.55 bits per heavy atom. The number of carbonyl (C=O) groups is 1. The summed E-state index contributed by atoms with van der Waals surface area (Å²) in [5.41, 5.74) is 7.45. The topological polar surface area (TPSA) is 90.3 Å². The first-order chi connectivity index (χ1) is 9.54. The van der Waals surface area contributed by atoms with Crippen LogP contribution in [0.5, 0.6) is 0 Å². The van der Waals surface area contributed by atoms with Crippen molar-refractivity contribution in [2.24, 2.45) is 5.73 Å². The lowest BCUT2D eigenvalue weighted by molar-refractivity contribution is -0.119. The quantitative estimate of drug-likeness (QED) is 0.872. The number of hydrogen-bond acceptors (Lipinski definition) is 4. The molecule has 2 rings (SSSR count). The minimum Gasteiger partial charge on any atom is -0.389 e. The van der Waals surface area contributed by atoms with Crippen LogP contribution in [0.2, 0.25) is 0 Å². The molecule has 0 bridgehead atoms. The van der Waals surface area contributed by atoms with Crippen molar-refractivity contribution in [1.82, 2.24) is 0 Å². The third kappa shape index (κ3) is 2.75. The van der Waals surface area contributed by atoms with Crippen molar-refractivity contribution < 1.29 is 9.90 Å². The van der Waals surface area contributed by atoms with Crippen LogP contribution >= 0.6 is 0 Å². The van der Waals surface area contributed by atoms with E-state index in [1.54, 1.807) is 25.1 Å². The van der Waals surface area contributed by atoms with Crippen molar-refractivity contribution in [2.75, 3.05) is 11.4 Å². The maximum atomic E-state index is 11.6. The van der Waals surface area contributed by atoms with Gasteiger partial charge in [-0.1, -0.05) is 6.07 Å². The third-order valence-electron chi connectivity index (χ3n) is 3.75. The van der Waals surface area contributed by atoms with Crippen LogP contribution in [-0.4, -0.2) is 23.6 Å². The highest BCUT2D eigenvalue weighted by molar-refractivity contribution is 5.84. The Bertz CT molecular complexity index is 549. The number of benzene rings is 1. The molecule has 3 N–H and O–H groups in total. The van der Waals surface area contributed by atoms with E-state index in [9.17, 15) is 9.90 Å². The number of carbonyl (C=O) groups excluding carboxylic acids is 1. The van der Waals surface area contributed by atoms with Gasteiger partial charge in [-0.3, -0.25) is 4.79 Å². The van der Waals surface area contributed by atoms with Crippen molar-refractivity contribution in [2.45, 2.75) is 38.3 Å². The monoisotopic (exact) mass is 273 g/mol. The second kappa shape index (κ2) is 5.93. The van der Waals surface area contributed by atoms with Crippen molar-refractivity contribution in [1.29, 1.82) is 5.26 Å². The predicted octanol–water partition coefficient (Wildman–Crippen LogP) is 1.46. The van der Waals surface area contributed by atoms with Crippen LogP contribution < -0.4 is 10.6 Å². The molecule has 0 aromatic heterocycles. The van der Waals surface area contributed by atoms with Gasteiger partial charge >= 0.3 is 0 Å². The highest BCUT2D eigenvalue weighted by Crippen LogP contribution is 2.32. The van der Waals surface area contributed by atoms with E-state index in [1.807, 2.05) is 4.90 Å². The molecule has 1 aliphatic rings. The van der Waals surface area contributed by atoms with Crippen LogP contribution in [0.1, 0.15) is 43.4 Å². The molecule has 1 amide bonds. The van der Waals surface area contributed by atoms with E-state index in [1.165, 1.54) is 0 Å². The van der Waals surface area contributed by atoms with Crippen molar-refractivity contribution in [3.63, 3.8) is 0 Å². The molecular formula is C15H19N3O2. The molecule has 1 fully saturated rings. The van der Waals surface area contributed by atoms with Crippen molar-refractivity contribution in [3.8, 4) is 6.07 Å². The van der Waals surface area contributed by atoms with Gasteiger partial charge in [-0.25, -0.2) is 0 Å². The number of primary amides is 1. The largest absolute Gasteiger partial charge is 0.389 e. The first-order valence-electron chi connectivity index (χ1n) is 6.82. The Balaban J connectivity index is 2.48. The molecule has 1 aromatic carbocycles. The van der Waals surface area contributed by atoms with Crippen LogP contribution in [0.25, 0.3) is 0 Å². The Morgan fingerprint density at radius 2 is 2.30 bits per heavy atom. The fourth-order valence-electron chi connectivity index (χ4n) is 2.73. The first kappa shape index (κ1) is 14.4. The molecule has 0 saturated carbocycles. The Labute approximate surface area is 118 Å². The lowest BCUT2D eigenvalue weighted by atomic mass is 9.97. The number of hydrogen-bond donors (Lipinski definition) is 2. The smallest absolute Gasteiger partial charge is 0.240 e. The lowest BCUT2D eigenvalue weighted by Crippen LogP contribution is -2.48. The van der Waals surface area contributed by atoms with Gasteiger partial charge in [-0.05, 0) is 38.3 Å². The van der Waals surface area contributed by atoms with Crippen LogP contribution in [0, 0.1) is 11.3 Å². The number of amides is 1. The van der Waals surface area contributed by atoms with E-state index in [2.05, 4.69) is 6.07 Å². The van der Waals surface area contributed by atoms with Gasteiger partial charge in [0.05, 0.1) is 17.7 Å². The van der Waals surface area contributed by atoms with Gasteiger partial charge < -0.3 is 15.7 Å². The average molecular weight is 273 g/mol. The summed E-state index contributed by atoms with van der Waals surface area (Å²) in [6.45, 7) is 2.39. The van der Waals surface area contributed by atoms with Gasteiger partial charge in [-0.15, -0.1) is 0 Å². The third-order valence-corrected chi connectivity index (χ3v) is 3.75. The molecule has 0 spiro atoms. The molecule has 1 aliphatic heterocycles.